The van der Waals surface area contributed by atoms with Gasteiger partial charge in [-0.15, -0.1) is 11.8 Å². The van der Waals surface area contributed by atoms with E-state index in [-0.39, 0.29) is 0 Å². The molecule has 0 aliphatic rings. The van der Waals surface area contributed by atoms with Crippen LogP contribution in [0.2, 0.25) is 0 Å². The third-order valence-electron chi connectivity index (χ3n) is 1.49. The quantitative estimate of drug-likeness (QED) is 0.325. The van der Waals surface area contributed by atoms with Crippen LogP contribution in [0.3, 0.4) is 0 Å². The maximum atomic E-state index is 11.2. The second kappa shape index (κ2) is 6.20. The minimum atomic E-state index is -1.64. The monoisotopic (exact) mass is 234 g/mol. The summed E-state index contributed by atoms with van der Waals surface area (Å²) < 4.78 is 0. The number of carboxylic acids is 2. The number of carbonyl (C=O) groups excluding carboxylic acids is 1. The van der Waals surface area contributed by atoms with Gasteiger partial charge in [0.25, 0.3) is 0 Å². The van der Waals surface area contributed by atoms with Crippen LogP contribution in [-0.4, -0.2) is 44.7 Å². The fourth-order valence-electron chi connectivity index (χ4n) is 0.777. The van der Waals surface area contributed by atoms with Crippen LogP contribution >= 0.6 is 11.8 Å². The zero-order chi connectivity index (χ0) is 12.0. The second-order valence-electron chi connectivity index (χ2n) is 2.52. The van der Waals surface area contributed by atoms with Crippen molar-refractivity contribution in [3.63, 3.8) is 0 Å². The van der Waals surface area contributed by atoms with Crippen LogP contribution in [0, 0.1) is 5.92 Å². The number of aliphatic hydroxyl groups excluding tert-OH is 1. The number of hydrogen-bond donors (Lipinski definition) is 3. The number of carboxylic acid groups (broad SMARTS) is 2. The number of thioether (sulfide) groups is 1. The summed E-state index contributed by atoms with van der Waals surface area (Å²) in [5, 5.41) is 26.1. The van der Waals surface area contributed by atoms with Gasteiger partial charge in [-0.3, -0.25) is 9.59 Å². The summed E-state index contributed by atoms with van der Waals surface area (Å²) in [7, 11) is 0. The highest BCUT2D eigenvalue weighted by molar-refractivity contribution is 7.99. The Morgan fingerprint density at radius 3 is 2.07 bits per heavy atom. The zero-order valence-corrected chi connectivity index (χ0v) is 8.60. The van der Waals surface area contributed by atoms with Crippen LogP contribution in [0.5, 0.6) is 0 Å². The molecular formula is C8H10O6S. The lowest BCUT2D eigenvalue weighted by Crippen LogP contribution is -2.32. The average molecular weight is 234 g/mol. The molecule has 0 bridgehead atoms. The maximum Gasteiger partial charge on any atom is 0.328 e. The van der Waals surface area contributed by atoms with E-state index < -0.39 is 29.1 Å². The largest absolute Gasteiger partial charge is 0.481 e. The molecule has 0 amide bonds. The van der Waals surface area contributed by atoms with E-state index in [0.29, 0.717) is 12.2 Å². The Kier molecular flexibility index (Phi) is 5.65. The highest BCUT2D eigenvalue weighted by Crippen LogP contribution is 2.16. The number of aliphatic carboxylic acids is 2. The molecule has 0 saturated carbocycles. The van der Waals surface area contributed by atoms with Gasteiger partial charge in [0.05, 0.1) is 0 Å². The molecule has 84 valence electrons. The van der Waals surface area contributed by atoms with E-state index in [4.69, 9.17) is 10.2 Å². The molecule has 0 aromatic heterocycles. The van der Waals surface area contributed by atoms with Crippen molar-refractivity contribution in [1.29, 1.82) is 0 Å². The van der Waals surface area contributed by atoms with Gasteiger partial charge in [0.1, 0.15) is 5.44 Å². The summed E-state index contributed by atoms with van der Waals surface area (Å²) >= 11 is 0.796. The van der Waals surface area contributed by atoms with E-state index >= 15 is 0 Å². The molecular weight excluding hydrogens is 224 g/mol. The van der Waals surface area contributed by atoms with Crippen molar-refractivity contribution in [2.24, 2.45) is 5.92 Å². The minimum Gasteiger partial charge on any atom is -0.481 e. The van der Waals surface area contributed by atoms with E-state index in [1.807, 2.05) is 0 Å². The fraction of sp³-hybridized carbons (Fsp3) is 0.375. The van der Waals surface area contributed by atoms with Gasteiger partial charge in [0.2, 0.25) is 0 Å². The Balaban J connectivity index is 4.71. The van der Waals surface area contributed by atoms with Gasteiger partial charge < -0.3 is 15.3 Å². The first-order chi connectivity index (χ1) is 6.90. The second-order valence-corrected chi connectivity index (χ2v) is 3.47. The molecule has 0 aromatic carbocycles. The van der Waals surface area contributed by atoms with Crippen LogP contribution in [-0.2, 0) is 14.4 Å². The van der Waals surface area contributed by atoms with Crippen LogP contribution in [0.4, 0.5) is 0 Å². The predicted molar refractivity (Wildman–Crippen MR) is 52.4 cm³/mol. The van der Waals surface area contributed by atoms with Gasteiger partial charge >= 0.3 is 11.9 Å². The predicted octanol–water partition coefficient (Wildman–Crippen LogP) is -0.422. The van der Waals surface area contributed by atoms with E-state index in [1.165, 1.54) is 6.26 Å². The summed E-state index contributed by atoms with van der Waals surface area (Å²) in [4.78, 5) is 31.9. The number of allylic oxidation sites excluding steroid dienone is 1. The first kappa shape index (κ1) is 13.7. The van der Waals surface area contributed by atoms with Crippen molar-refractivity contribution >= 4 is 29.5 Å². The molecule has 0 saturated heterocycles. The summed E-state index contributed by atoms with van der Waals surface area (Å²) in [6, 6.07) is 0. The summed E-state index contributed by atoms with van der Waals surface area (Å²) in [5.41, 5.74) is -1.39. The Morgan fingerprint density at radius 1 is 1.20 bits per heavy atom. The topological polar surface area (TPSA) is 112 Å². The number of carbonyl (C=O) groups is 3. The highest BCUT2D eigenvalue weighted by Gasteiger charge is 2.31. The SMILES string of the molecule is CSC(O)C(C(=O)O)C(=O)C=CC(=O)O. The van der Waals surface area contributed by atoms with Crippen LogP contribution in [0.1, 0.15) is 0 Å². The molecule has 7 heteroatoms. The molecule has 3 N–H and O–H groups in total. The van der Waals surface area contributed by atoms with E-state index in [9.17, 15) is 19.5 Å². The molecule has 0 aromatic rings. The number of rotatable bonds is 6. The van der Waals surface area contributed by atoms with Gasteiger partial charge in [-0.2, -0.15) is 0 Å². The lowest BCUT2D eigenvalue weighted by molar-refractivity contribution is -0.147. The average Bonchev–Trinajstić information content (AvgIpc) is 2.14. The molecule has 2 unspecified atom stereocenters. The van der Waals surface area contributed by atoms with Gasteiger partial charge in [0, 0.05) is 6.08 Å². The number of ketones is 1. The zero-order valence-electron chi connectivity index (χ0n) is 7.78. The van der Waals surface area contributed by atoms with Crippen LogP contribution in [0.25, 0.3) is 0 Å². The van der Waals surface area contributed by atoms with E-state index in [1.54, 1.807) is 0 Å². The number of hydrogen-bond acceptors (Lipinski definition) is 5. The first-order valence-electron chi connectivity index (χ1n) is 3.78. The van der Waals surface area contributed by atoms with Gasteiger partial charge in [-0.25, -0.2) is 4.79 Å². The molecule has 0 radical (unpaired) electrons. The minimum absolute atomic E-state index is 0.533. The summed E-state index contributed by atoms with van der Waals surface area (Å²) in [5.74, 6) is -5.44. The molecule has 15 heavy (non-hydrogen) atoms. The highest BCUT2D eigenvalue weighted by atomic mass is 32.2. The Morgan fingerprint density at radius 2 is 1.73 bits per heavy atom. The fourth-order valence-corrected chi connectivity index (χ4v) is 1.30. The van der Waals surface area contributed by atoms with Crippen molar-refractivity contribution in [1.82, 2.24) is 0 Å². The van der Waals surface area contributed by atoms with E-state index in [0.717, 1.165) is 11.8 Å². The van der Waals surface area contributed by atoms with Gasteiger partial charge in [-0.1, -0.05) is 0 Å². The standard InChI is InChI=1S/C8H10O6S/c1-15-8(14)6(7(12)13)4(9)2-3-5(10)11/h2-3,6,8,14H,1H3,(H,10,11)(H,12,13). The van der Waals surface area contributed by atoms with Crippen LogP contribution in [0.15, 0.2) is 12.2 Å². The molecule has 0 spiro atoms. The van der Waals surface area contributed by atoms with Crippen molar-refractivity contribution < 1.29 is 29.7 Å². The van der Waals surface area contributed by atoms with Crippen molar-refractivity contribution in [2.45, 2.75) is 5.44 Å². The Hall–Kier alpha value is -1.34. The first-order valence-corrected chi connectivity index (χ1v) is 5.07. The Labute approximate surface area is 89.6 Å². The lowest BCUT2D eigenvalue weighted by Gasteiger charge is -2.13. The summed E-state index contributed by atoms with van der Waals surface area (Å²) in [6.07, 6.45) is 2.60. The Bertz CT molecular complexity index is 298. The molecule has 0 aliphatic heterocycles. The third kappa shape index (κ3) is 4.61. The smallest absolute Gasteiger partial charge is 0.328 e. The summed E-state index contributed by atoms with van der Waals surface area (Å²) in [6.45, 7) is 0. The van der Waals surface area contributed by atoms with E-state index in [2.05, 4.69) is 0 Å². The molecule has 0 aliphatic carbocycles. The maximum absolute atomic E-state index is 11.2. The van der Waals surface area contributed by atoms with Gasteiger partial charge in [-0.05, 0) is 12.3 Å². The third-order valence-corrected chi connectivity index (χ3v) is 2.24. The molecule has 0 rings (SSSR count). The van der Waals surface area contributed by atoms with Gasteiger partial charge in [0.15, 0.2) is 11.7 Å². The normalized spacial score (nSPS) is 14.8. The molecule has 0 fully saturated rings. The van der Waals surface area contributed by atoms with Crippen LogP contribution < -0.4 is 0 Å². The lowest BCUT2D eigenvalue weighted by atomic mass is 10.1. The van der Waals surface area contributed by atoms with Crippen molar-refractivity contribution in [3.8, 4) is 0 Å². The number of aliphatic hydroxyl groups is 1. The molecule has 6 nitrogen and oxygen atoms in total. The molecule has 2 atom stereocenters. The molecule has 0 heterocycles. The van der Waals surface area contributed by atoms with Crippen molar-refractivity contribution in [2.75, 3.05) is 6.26 Å². The van der Waals surface area contributed by atoms with Crippen molar-refractivity contribution in [3.05, 3.63) is 12.2 Å².